The summed E-state index contributed by atoms with van der Waals surface area (Å²) < 4.78 is 0.988. The Balaban J connectivity index is 2.67. The van der Waals surface area contributed by atoms with E-state index in [1.807, 2.05) is 0 Å². The highest BCUT2D eigenvalue weighted by Crippen LogP contribution is 2.12. The van der Waals surface area contributed by atoms with Crippen LogP contribution in [0.15, 0.2) is 5.16 Å². The standard InChI is InChI=1S/C7H11N3S3/c1-2-3-4-13-7-9-5(11)8-6(12)10-7/h2-4H2,1H3,(H2,8,9,10,11,12). The van der Waals surface area contributed by atoms with Crippen LogP contribution in [0.1, 0.15) is 19.8 Å². The van der Waals surface area contributed by atoms with Crippen molar-refractivity contribution in [3.63, 3.8) is 0 Å². The number of H-pyrrole nitrogens is 2. The van der Waals surface area contributed by atoms with Gasteiger partial charge in [-0.3, -0.25) is 0 Å². The second kappa shape index (κ2) is 5.51. The molecule has 0 aromatic carbocycles. The lowest BCUT2D eigenvalue weighted by Crippen LogP contribution is -1.92. The third-order valence-electron chi connectivity index (χ3n) is 1.38. The summed E-state index contributed by atoms with van der Waals surface area (Å²) in [6.45, 7) is 2.16. The number of aromatic amines is 2. The van der Waals surface area contributed by atoms with Crippen molar-refractivity contribution in [2.75, 3.05) is 5.75 Å². The molecule has 0 atom stereocenters. The highest BCUT2D eigenvalue weighted by molar-refractivity contribution is 7.99. The fourth-order valence-corrected chi connectivity index (χ4v) is 2.29. The van der Waals surface area contributed by atoms with Crippen LogP contribution in [0.5, 0.6) is 0 Å². The molecule has 0 bridgehead atoms. The van der Waals surface area contributed by atoms with Gasteiger partial charge in [0.2, 0.25) is 4.77 Å². The summed E-state index contributed by atoms with van der Waals surface area (Å²) in [7, 11) is 0. The Morgan fingerprint density at radius 2 is 2.15 bits per heavy atom. The Hall–Kier alpha value is -0.200. The summed E-state index contributed by atoms with van der Waals surface area (Å²) in [6.07, 6.45) is 2.37. The summed E-state index contributed by atoms with van der Waals surface area (Å²) >= 11 is 11.5. The van der Waals surface area contributed by atoms with Crippen LogP contribution in [0.4, 0.5) is 0 Å². The van der Waals surface area contributed by atoms with E-state index in [0.29, 0.717) is 9.54 Å². The highest BCUT2D eigenvalue weighted by atomic mass is 32.2. The number of unbranched alkanes of at least 4 members (excludes halogenated alkanes) is 1. The number of aromatic nitrogens is 3. The average Bonchev–Trinajstić information content (AvgIpc) is 2.03. The molecule has 6 heteroatoms. The zero-order valence-electron chi connectivity index (χ0n) is 7.29. The molecule has 1 heterocycles. The quantitative estimate of drug-likeness (QED) is 0.476. The molecular formula is C7H11N3S3. The van der Waals surface area contributed by atoms with Gasteiger partial charge < -0.3 is 9.97 Å². The van der Waals surface area contributed by atoms with Gasteiger partial charge in [-0.2, -0.15) is 4.98 Å². The summed E-state index contributed by atoms with van der Waals surface area (Å²) in [5.74, 6) is 1.05. The number of hydrogen-bond donors (Lipinski definition) is 2. The van der Waals surface area contributed by atoms with Gasteiger partial charge in [0.1, 0.15) is 0 Å². The van der Waals surface area contributed by atoms with Crippen LogP contribution in [0.25, 0.3) is 0 Å². The molecule has 0 amide bonds. The molecule has 0 radical (unpaired) electrons. The van der Waals surface area contributed by atoms with Crippen molar-refractivity contribution >= 4 is 36.2 Å². The molecule has 0 aliphatic carbocycles. The third kappa shape index (κ3) is 4.02. The fraction of sp³-hybridized carbons (Fsp3) is 0.571. The largest absolute Gasteiger partial charge is 0.311 e. The van der Waals surface area contributed by atoms with Crippen LogP contribution in [-0.2, 0) is 0 Å². The molecule has 0 unspecified atom stereocenters. The zero-order valence-corrected chi connectivity index (χ0v) is 9.74. The van der Waals surface area contributed by atoms with E-state index < -0.39 is 0 Å². The molecule has 72 valence electrons. The first-order valence-electron chi connectivity index (χ1n) is 4.06. The lowest BCUT2D eigenvalue weighted by molar-refractivity contribution is 0.859. The SMILES string of the molecule is CCCCSc1nc(=S)[nH]c(=S)[nH]1. The van der Waals surface area contributed by atoms with Crippen LogP contribution < -0.4 is 0 Å². The van der Waals surface area contributed by atoms with Gasteiger partial charge in [0.15, 0.2) is 9.93 Å². The zero-order chi connectivity index (χ0) is 9.68. The van der Waals surface area contributed by atoms with E-state index in [-0.39, 0.29) is 0 Å². The van der Waals surface area contributed by atoms with Crippen LogP contribution in [0.2, 0.25) is 0 Å². The molecule has 0 spiro atoms. The lowest BCUT2D eigenvalue weighted by atomic mass is 10.4. The number of nitrogens with zero attached hydrogens (tertiary/aromatic N) is 1. The molecule has 2 N–H and O–H groups in total. The van der Waals surface area contributed by atoms with E-state index in [1.54, 1.807) is 11.8 Å². The Bertz CT molecular complexity index is 339. The molecule has 0 saturated carbocycles. The van der Waals surface area contributed by atoms with Crippen LogP contribution >= 0.6 is 36.2 Å². The number of rotatable bonds is 4. The Kier molecular flexibility index (Phi) is 4.61. The maximum atomic E-state index is 4.93. The normalized spacial score (nSPS) is 10.2. The molecule has 0 saturated heterocycles. The van der Waals surface area contributed by atoms with Crippen molar-refractivity contribution in [1.82, 2.24) is 15.0 Å². The monoisotopic (exact) mass is 233 g/mol. The highest BCUT2D eigenvalue weighted by Gasteiger charge is 1.95. The van der Waals surface area contributed by atoms with E-state index in [4.69, 9.17) is 24.4 Å². The Morgan fingerprint density at radius 3 is 2.77 bits per heavy atom. The molecular weight excluding hydrogens is 222 g/mol. The molecule has 3 nitrogen and oxygen atoms in total. The second-order valence-corrected chi connectivity index (χ2v) is 4.38. The molecule has 1 aromatic heterocycles. The average molecular weight is 233 g/mol. The predicted octanol–water partition coefficient (Wildman–Crippen LogP) is 3.09. The minimum atomic E-state index is 0.447. The number of nitrogens with one attached hydrogen (secondary N) is 2. The maximum Gasteiger partial charge on any atom is 0.201 e. The van der Waals surface area contributed by atoms with Crippen molar-refractivity contribution < 1.29 is 0 Å². The van der Waals surface area contributed by atoms with E-state index in [1.165, 1.54) is 12.8 Å². The van der Waals surface area contributed by atoms with Gasteiger partial charge in [0.05, 0.1) is 0 Å². The Labute approximate surface area is 91.4 Å². The topological polar surface area (TPSA) is 44.5 Å². The van der Waals surface area contributed by atoms with Crippen molar-refractivity contribution in [3.05, 3.63) is 9.54 Å². The Morgan fingerprint density at radius 1 is 1.38 bits per heavy atom. The molecule has 0 aliphatic rings. The van der Waals surface area contributed by atoms with Crippen LogP contribution in [0.3, 0.4) is 0 Å². The molecule has 1 aromatic rings. The van der Waals surface area contributed by atoms with Gasteiger partial charge in [-0.25, -0.2) is 0 Å². The molecule has 0 aliphatic heterocycles. The van der Waals surface area contributed by atoms with Crippen LogP contribution in [0, 0.1) is 9.54 Å². The molecule has 0 fully saturated rings. The van der Waals surface area contributed by atoms with Crippen molar-refractivity contribution in [1.29, 1.82) is 0 Å². The van der Waals surface area contributed by atoms with Crippen molar-refractivity contribution in [2.45, 2.75) is 24.9 Å². The molecule has 13 heavy (non-hydrogen) atoms. The van der Waals surface area contributed by atoms with Crippen molar-refractivity contribution in [3.8, 4) is 0 Å². The summed E-state index contributed by atoms with van der Waals surface area (Å²) in [6, 6.07) is 0. The number of hydrogen-bond acceptors (Lipinski definition) is 4. The minimum absolute atomic E-state index is 0.447. The minimum Gasteiger partial charge on any atom is -0.311 e. The van der Waals surface area contributed by atoms with Crippen molar-refractivity contribution in [2.24, 2.45) is 0 Å². The van der Waals surface area contributed by atoms with Gasteiger partial charge in [-0.1, -0.05) is 25.1 Å². The van der Waals surface area contributed by atoms with Gasteiger partial charge in [-0.05, 0) is 30.9 Å². The molecule has 1 rings (SSSR count). The smallest absolute Gasteiger partial charge is 0.201 e. The van der Waals surface area contributed by atoms with Gasteiger partial charge in [-0.15, -0.1) is 0 Å². The first kappa shape index (κ1) is 10.9. The summed E-state index contributed by atoms with van der Waals surface area (Å²) in [5.41, 5.74) is 0. The second-order valence-electron chi connectivity index (χ2n) is 2.50. The van der Waals surface area contributed by atoms with E-state index in [2.05, 4.69) is 21.9 Å². The fourth-order valence-electron chi connectivity index (χ4n) is 0.755. The lowest BCUT2D eigenvalue weighted by Gasteiger charge is -1.98. The van der Waals surface area contributed by atoms with E-state index in [0.717, 1.165) is 10.9 Å². The third-order valence-corrected chi connectivity index (χ3v) is 2.74. The number of thioether (sulfide) groups is 1. The summed E-state index contributed by atoms with van der Waals surface area (Å²) in [5, 5.41) is 0.808. The van der Waals surface area contributed by atoms with Gasteiger partial charge in [0.25, 0.3) is 0 Å². The van der Waals surface area contributed by atoms with Gasteiger partial charge in [0, 0.05) is 5.75 Å². The summed E-state index contributed by atoms with van der Waals surface area (Å²) in [4.78, 5) is 9.81. The first-order valence-corrected chi connectivity index (χ1v) is 5.86. The van der Waals surface area contributed by atoms with E-state index in [9.17, 15) is 0 Å². The first-order chi connectivity index (χ1) is 6.22. The van der Waals surface area contributed by atoms with Gasteiger partial charge >= 0.3 is 0 Å². The van der Waals surface area contributed by atoms with Crippen LogP contribution in [-0.4, -0.2) is 20.7 Å². The maximum absolute atomic E-state index is 4.93. The predicted molar refractivity (Wildman–Crippen MR) is 60.2 cm³/mol. The van der Waals surface area contributed by atoms with E-state index >= 15 is 0 Å².